The maximum Gasteiger partial charge on any atom is 0.249 e. The van der Waals surface area contributed by atoms with E-state index in [1.54, 1.807) is 21.3 Å². The molecule has 0 aliphatic heterocycles. The molecule has 7 heteroatoms. The Labute approximate surface area is 108 Å². The molecule has 0 fully saturated rings. The van der Waals surface area contributed by atoms with Crippen molar-refractivity contribution in [3.8, 4) is 0 Å². The summed E-state index contributed by atoms with van der Waals surface area (Å²) in [5.74, 6) is 0. The van der Waals surface area contributed by atoms with Crippen LogP contribution in [0.5, 0.6) is 0 Å². The van der Waals surface area contributed by atoms with E-state index in [1.165, 1.54) is 0 Å². The van der Waals surface area contributed by atoms with Gasteiger partial charge in [-0.1, -0.05) is 0 Å². The van der Waals surface area contributed by atoms with Crippen molar-refractivity contribution in [2.24, 2.45) is 0 Å². The minimum atomic E-state index is -2.08. The van der Waals surface area contributed by atoms with E-state index in [1.807, 2.05) is 20.8 Å². The monoisotopic (exact) mass is 267 g/mol. The van der Waals surface area contributed by atoms with Crippen LogP contribution >= 0.6 is 0 Å². The van der Waals surface area contributed by atoms with Crippen LogP contribution in [0.3, 0.4) is 0 Å². The van der Waals surface area contributed by atoms with Crippen molar-refractivity contribution >= 4 is 6.16 Å². The molecule has 0 aromatic carbocycles. The van der Waals surface area contributed by atoms with Gasteiger partial charge in [-0.25, -0.2) is 0 Å². The Bertz CT molecular complexity index is 205. The first-order valence-electron chi connectivity index (χ1n) is 5.52. The van der Waals surface area contributed by atoms with Gasteiger partial charge in [0.05, 0.1) is 7.05 Å². The van der Waals surface area contributed by atoms with Gasteiger partial charge in [0.1, 0.15) is 0 Å². The third-order valence-electron chi connectivity index (χ3n) is 3.37. The standard InChI is InChI=1S/C10H24NO3.CH2O3/c1-8(12-5)11(4,9(2)13-6)10(3)14-7;2-1(3)4/h8-10H,1-7H3;(H2,2,3,4)/q+1;/p-1. The Morgan fingerprint density at radius 3 is 1.28 bits per heavy atom. The molecular formula is C11H25NO6. The van der Waals surface area contributed by atoms with E-state index >= 15 is 0 Å². The van der Waals surface area contributed by atoms with Gasteiger partial charge in [0.2, 0.25) is 6.16 Å². The summed E-state index contributed by atoms with van der Waals surface area (Å²) in [6, 6.07) is 0. The van der Waals surface area contributed by atoms with Crippen molar-refractivity contribution in [1.82, 2.24) is 0 Å². The van der Waals surface area contributed by atoms with Gasteiger partial charge >= 0.3 is 0 Å². The van der Waals surface area contributed by atoms with Crippen LogP contribution in [0.15, 0.2) is 0 Å². The number of carboxylic acid groups (broad SMARTS) is 2. The molecule has 0 aromatic heterocycles. The highest BCUT2D eigenvalue weighted by Gasteiger charge is 2.40. The summed E-state index contributed by atoms with van der Waals surface area (Å²) in [5.41, 5.74) is 0. The number of methoxy groups -OCH3 is 3. The first-order valence-corrected chi connectivity index (χ1v) is 5.52. The zero-order valence-corrected chi connectivity index (χ0v) is 12.2. The first-order chi connectivity index (χ1) is 8.18. The molecule has 0 aliphatic rings. The van der Waals surface area contributed by atoms with Crippen LogP contribution in [-0.2, 0) is 14.2 Å². The SMILES string of the molecule is COC(C)[N+](C)(C(C)OC)C(C)OC.O=C([O-])O. The van der Waals surface area contributed by atoms with Crippen LogP contribution in [0, 0.1) is 0 Å². The summed E-state index contributed by atoms with van der Waals surface area (Å²) in [5, 5.41) is 15.3. The topological polar surface area (TPSA) is 88.1 Å². The van der Waals surface area contributed by atoms with Gasteiger partial charge in [-0.05, 0) is 0 Å². The quantitative estimate of drug-likeness (QED) is 0.550. The third kappa shape index (κ3) is 5.63. The average Bonchev–Trinajstić information content (AvgIpc) is 2.33. The van der Waals surface area contributed by atoms with Crippen LogP contribution in [0.2, 0.25) is 0 Å². The van der Waals surface area contributed by atoms with Gasteiger partial charge in [0, 0.05) is 42.1 Å². The van der Waals surface area contributed by atoms with E-state index in [0.717, 1.165) is 0 Å². The molecule has 0 spiro atoms. The molecule has 1 N–H and O–H groups in total. The zero-order valence-electron chi connectivity index (χ0n) is 12.2. The van der Waals surface area contributed by atoms with Crippen molar-refractivity contribution in [2.75, 3.05) is 28.4 Å². The molecule has 0 saturated carbocycles. The number of nitrogens with zero attached hydrogens (tertiary/aromatic N) is 1. The molecule has 0 rings (SSSR count). The van der Waals surface area contributed by atoms with Gasteiger partial charge < -0.3 is 29.2 Å². The minimum Gasteiger partial charge on any atom is -0.565 e. The summed E-state index contributed by atoms with van der Waals surface area (Å²) in [7, 11) is 7.17. The summed E-state index contributed by atoms with van der Waals surface area (Å²) >= 11 is 0. The van der Waals surface area contributed by atoms with Crippen molar-refractivity contribution in [3.05, 3.63) is 0 Å². The minimum absolute atomic E-state index is 0.0277. The molecule has 0 radical (unpaired) electrons. The summed E-state index contributed by atoms with van der Waals surface area (Å²) in [6.45, 7) is 6.06. The molecule has 7 nitrogen and oxygen atoms in total. The number of ether oxygens (including phenoxy) is 3. The fraction of sp³-hybridized carbons (Fsp3) is 0.909. The lowest BCUT2D eigenvalue weighted by Crippen LogP contribution is -2.63. The first kappa shape index (κ1) is 19.4. The maximum atomic E-state index is 8.44. The molecule has 0 aliphatic carbocycles. The lowest BCUT2D eigenvalue weighted by atomic mass is 10.3. The Morgan fingerprint density at radius 2 is 1.17 bits per heavy atom. The van der Waals surface area contributed by atoms with Crippen LogP contribution in [-0.4, -0.2) is 62.8 Å². The lowest BCUT2D eigenvalue weighted by Gasteiger charge is -2.45. The van der Waals surface area contributed by atoms with E-state index < -0.39 is 6.16 Å². The largest absolute Gasteiger partial charge is 0.565 e. The van der Waals surface area contributed by atoms with Crippen molar-refractivity contribution in [3.63, 3.8) is 0 Å². The summed E-state index contributed by atoms with van der Waals surface area (Å²) in [4.78, 5) is 8.44. The van der Waals surface area contributed by atoms with Gasteiger partial charge in [-0.3, -0.25) is 4.48 Å². The molecule has 0 bridgehead atoms. The van der Waals surface area contributed by atoms with Gasteiger partial charge in [-0.15, -0.1) is 0 Å². The number of rotatable bonds is 6. The van der Waals surface area contributed by atoms with E-state index in [9.17, 15) is 0 Å². The van der Waals surface area contributed by atoms with Crippen LogP contribution < -0.4 is 5.11 Å². The zero-order chi connectivity index (χ0) is 14.9. The third-order valence-corrected chi connectivity index (χ3v) is 3.37. The maximum absolute atomic E-state index is 8.44. The van der Waals surface area contributed by atoms with Crippen molar-refractivity contribution < 1.29 is 33.7 Å². The highest BCUT2D eigenvalue weighted by atomic mass is 16.6. The van der Waals surface area contributed by atoms with E-state index in [2.05, 4.69) is 7.05 Å². The number of carbonyl (C=O) groups is 1. The van der Waals surface area contributed by atoms with Gasteiger partial charge in [-0.2, -0.15) is 0 Å². The van der Waals surface area contributed by atoms with Gasteiger partial charge in [0.25, 0.3) is 0 Å². The summed E-state index contributed by atoms with van der Waals surface area (Å²) < 4.78 is 16.7. The van der Waals surface area contributed by atoms with Crippen LogP contribution in [0.4, 0.5) is 4.79 Å². The molecule has 18 heavy (non-hydrogen) atoms. The Balaban J connectivity index is 0. The number of quaternary nitrogens is 1. The fourth-order valence-corrected chi connectivity index (χ4v) is 1.57. The average molecular weight is 267 g/mol. The molecule has 0 aromatic rings. The van der Waals surface area contributed by atoms with Crippen molar-refractivity contribution in [2.45, 2.75) is 39.5 Å². The molecule has 0 amide bonds. The fourth-order valence-electron chi connectivity index (χ4n) is 1.57. The number of hydrogen-bond donors (Lipinski definition) is 1. The van der Waals surface area contributed by atoms with Gasteiger partial charge in [0.15, 0.2) is 18.7 Å². The highest BCUT2D eigenvalue weighted by molar-refractivity contribution is 5.50. The van der Waals surface area contributed by atoms with E-state index in [-0.39, 0.29) is 18.7 Å². The van der Waals surface area contributed by atoms with Crippen molar-refractivity contribution in [1.29, 1.82) is 0 Å². The molecule has 110 valence electrons. The second kappa shape index (κ2) is 9.09. The Kier molecular flexibility index (Phi) is 9.83. The lowest BCUT2D eigenvalue weighted by molar-refractivity contribution is -1.03. The second-order valence-corrected chi connectivity index (χ2v) is 3.99. The smallest absolute Gasteiger partial charge is 0.249 e. The van der Waals surface area contributed by atoms with E-state index in [0.29, 0.717) is 4.48 Å². The van der Waals surface area contributed by atoms with E-state index in [4.69, 9.17) is 29.2 Å². The predicted octanol–water partition coefficient (Wildman–Crippen LogP) is 0.298. The molecular weight excluding hydrogens is 242 g/mol. The molecule has 0 saturated heterocycles. The van der Waals surface area contributed by atoms with Crippen LogP contribution in [0.25, 0.3) is 0 Å². The Hall–Kier alpha value is -0.890. The highest BCUT2D eigenvalue weighted by Crippen LogP contribution is 2.22. The molecule has 3 unspecified atom stereocenters. The normalized spacial score (nSPS) is 18.8. The number of hydrogen-bond acceptors (Lipinski definition) is 5. The molecule has 3 atom stereocenters. The van der Waals surface area contributed by atoms with Crippen LogP contribution in [0.1, 0.15) is 20.8 Å². The molecule has 0 heterocycles. The summed E-state index contributed by atoms with van der Waals surface area (Å²) in [6.07, 6.45) is -2.00. The second-order valence-electron chi connectivity index (χ2n) is 3.99. The Morgan fingerprint density at radius 1 is 1.00 bits per heavy atom. The predicted molar refractivity (Wildman–Crippen MR) is 63.6 cm³/mol.